The van der Waals surface area contributed by atoms with Crippen LogP contribution in [0.5, 0.6) is 0 Å². The van der Waals surface area contributed by atoms with Crippen molar-refractivity contribution < 1.29 is 18.0 Å². The Morgan fingerprint density at radius 2 is 1.96 bits per heavy atom. The first-order valence-electron chi connectivity index (χ1n) is 7.02. The van der Waals surface area contributed by atoms with Crippen molar-refractivity contribution in [3.05, 3.63) is 53.9 Å². The number of halogens is 3. The SMILES string of the molecule is CNc1ccc(C(F)(F)F)cc1C(=O)Nc1ccc2nc[nH]c2c1. The van der Waals surface area contributed by atoms with Gasteiger partial charge in [-0.05, 0) is 36.4 Å². The first kappa shape index (κ1) is 15.9. The van der Waals surface area contributed by atoms with Gasteiger partial charge < -0.3 is 15.6 Å². The third-order valence-electron chi connectivity index (χ3n) is 3.54. The van der Waals surface area contributed by atoms with Crippen LogP contribution in [0.15, 0.2) is 42.7 Å². The standard InChI is InChI=1S/C16H13F3N4O/c1-20-12-4-2-9(16(17,18)19)6-11(12)15(24)23-10-3-5-13-14(7-10)22-8-21-13/h2-8,20H,1H3,(H,21,22)(H,23,24). The van der Waals surface area contributed by atoms with Gasteiger partial charge in [0.05, 0.1) is 28.5 Å². The van der Waals surface area contributed by atoms with Crippen LogP contribution in [0.25, 0.3) is 11.0 Å². The number of amides is 1. The molecule has 0 saturated carbocycles. The third kappa shape index (κ3) is 3.03. The van der Waals surface area contributed by atoms with Crippen molar-refractivity contribution in [3.63, 3.8) is 0 Å². The predicted octanol–water partition coefficient (Wildman–Crippen LogP) is 3.88. The van der Waals surface area contributed by atoms with E-state index in [1.165, 1.54) is 19.4 Å². The number of hydrogen-bond donors (Lipinski definition) is 3. The van der Waals surface area contributed by atoms with Crippen LogP contribution in [0.1, 0.15) is 15.9 Å². The summed E-state index contributed by atoms with van der Waals surface area (Å²) in [6.45, 7) is 0. The molecule has 0 aliphatic carbocycles. The lowest BCUT2D eigenvalue weighted by Gasteiger charge is -2.13. The molecule has 0 fully saturated rings. The maximum Gasteiger partial charge on any atom is 0.416 e. The van der Waals surface area contributed by atoms with Crippen LogP contribution in [0, 0.1) is 0 Å². The Morgan fingerprint density at radius 1 is 1.17 bits per heavy atom. The number of anilines is 2. The molecule has 8 heteroatoms. The Kier molecular flexibility index (Phi) is 3.88. The van der Waals surface area contributed by atoms with Crippen molar-refractivity contribution in [3.8, 4) is 0 Å². The predicted molar refractivity (Wildman–Crippen MR) is 85.0 cm³/mol. The van der Waals surface area contributed by atoms with Crippen molar-refractivity contribution in [1.82, 2.24) is 9.97 Å². The van der Waals surface area contributed by atoms with Crippen LogP contribution in [-0.4, -0.2) is 22.9 Å². The van der Waals surface area contributed by atoms with E-state index in [9.17, 15) is 18.0 Å². The summed E-state index contributed by atoms with van der Waals surface area (Å²) in [5, 5.41) is 5.32. The maximum atomic E-state index is 12.9. The lowest BCUT2D eigenvalue weighted by Crippen LogP contribution is -2.16. The molecule has 3 aromatic rings. The Balaban J connectivity index is 1.93. The van der Waals surface area contributed by atoms with Crippen LogP contribution in [-0.2, 0) is 6.18 Å². The van der Waals surface area contributed by atoms with Gasteiger partial charge in [-0.15, -0.1) is 0 Å². The van der Waals surface area contributed by atoms with Crippen LogP contribution in [0.4, 0.5) is 24.5 Å². The van der Waals surface area contributed by atoms with Gasteiger partial charge in [0.1, 0.15) is 0 Å². The average molecular weight is 334 g/mol. The van der Waals surface area contributed by atoms with Crippen LogP contribution < -0.4 is 10.6 Å². The van der Waals surface area contributed by atoms with E-state index in [-0.39, 0.29) is 5.56 Å². The molecule has 0 atom stereocenters. The fourth-order valence-corrected chi connectivity index (χ4v) is 2.34. The molecule has 0 radical (unpaired) electrons. The first-order valence-corrected chi connectivity index (χ1v) is 7.02. The molecular weight excluding hydrogens is 321 g/mol. The van der Waals surface area contributed by atoms with Crippen molar-refractivity contribution in [2.24, 2.45) is 0 Å². The van der Waals surface area contributed by atoms with Gasteiger partial charge in [0.25, 0.3) is 5.91 Å². The van der Waals surface area contributed by atoms with E-state index >= 15 is 0 Å². The van der Waals surface area contributed by atoms with E-state index in [4.69, 9.17) is 0 Å². The number of aromatic amines is 1. The number of imidazole rings is 1. The molecular formula is C16H13F3N4O. The van der Waals surface area contributed by atoms with E-state index in [2.05, 4.69) is 20.6 Å². The molecule has 3 N–H and O–H groups in total. The molecule has 3 rings (SSSR count). The third-order valence-corrected chi connectivity index (χ3v) is 3.54. The van der Waals surface area contributed by atoms with Crippen molar-refractivity contribution in [2.45, 2.75) is 6.18 Å². The molecule has 2 aromatic carbocycles. The lowest BCUT2D eigenvalue weighted by molar-refractivity contribution is -0.137. The lowest BCUT2D eigenvalue weighted by atomic mass is 10.1. The highest BCUT2D eigenvalue weighted by Crippen LogP contribution is 2.32. The van der Waals surface area contributed by atoms with E-state index in [0.29, 0.717) is 16.9 Å². The second kappa shape index (κ2) is 5.88. The second-order valence-electron chi connectivity index (χ2n) is 5.10. The summed E-state index contributed by atoms with van der Waals surface area (Å²) in [6, 6.07) is 7.98. The summed E-state index contributed by atoms with van der Waals surface area (Å²) in [5.74, 6) is -0.635. The number of alkyl halides is 3. The topological polar surface area (TPSA) is 69.8 Å². The second-order valence-corrected chi connectivity index (χ2v) is 5.10. The summed E-state index contributed by atoms with van der Waals surface area (Å²) in [4.78, 5) is 19.4. The number of carbonyl (C=O) groups excluding carboxylic acids is 1. The highest BCUT2D eigenvalue weighted by Gasteiger charge is 2.31. The van der Waals surface area contributed by atoms with Gasteiger partial charge in [0.15, 0.2) is 0 Å². The first-order chi connectivity index (χ1) is 11.4. The minimum Gasteiger partial charge on any atom is -0.387 e. The van der Waals surface area contributed by atoms with Gasteiger partial charge in [-0.2, -0.15) is 13.2 Å². The zero-order valence-corrected chi connectivity index (χ0v) is 12.5. The number of benzene rings is 2. The summed E-state index contributed by atoms with van der Waals surface area (Å²) >= 11 is 0. The molecule has 1 aromatic heterocycles. The quantitative estimate of drug-likeness (QED) is 0.681. The molecule has 0 spiro atoms. The summed E-state index contributed by atoms with van der Waals surface area (Å²) in [7, 11) is 1.54. The van der Waals surface area contributed by atoms with E-state index in [1.807, 2.05) is 0 Å². The fraction of sp³-hybridized carbons (Fsp3) is 0.125. The van der Waals surface area contributed by atoms with Gasteiger partial charge >= 0.3 is 6.18 Å². The molecule has 0 aliphatic heterocycles. The highest BCUT2D eigenvalue weighted by atomic mass is 19.4. The van der Waals surface area contributed by atoms with Gasteiger partial charge in [-0.3, -0.25) is 4.79 Å². The average Bonchev–Trinajstić information content (AvgIpc) is 3.01. The highest BCUT2D eigenvalue weighted by molar-refractivity contribution is 6.08. The van der Waals surface area contributed by atoms with Crippen molar-refractivity contribution >= 4 is 28.3 Å². The maximum absolute atomic E-state index is 12.9. The number of nitrogens with one attached hydrogen (secondary N) is 3. The Bertz CT molecular complexity index is 902. The number of hydrogen-bond acceptors (Lipinski definition) is 3. The molecule has 24 heavy (non-hydrogen) atoms. The van der Waals surface area contributed by atoms with E-state index in [0.717, 1.165) is 17.6 Å². The fourth-order valence-electron chi connectivity index (χ4n) is 2.34. The number of fused-ring (bicyclic) bond motifs is 1. The Morgan fingerprint density at radius 3 is 2.67 bits per heavy atom. The normalized spacial score (nSPS) is 11.5. The van der Waals surface area contributed by atoms with Gasteiger partial charge in [-0.1, -0.05) is 0 Å². The van der Waals surface area contributed by atoms with Crippen LogP contribution >= 0.6 is 0 Å². The summed E-state index contributed by atoms with van der Waals surface area (Å²) in [5.41, 5.74) is 1.24. The van der Waals surface area contributed by atoms with Crippen LogP contribution in [0.3, 0.4) is 0 Å². The van der Waals surface area contributed by atoms with E-state index in [1.54, 1.807) is 18.2 Å². The molecule has 5 nitrogen and oxygen atoms in total. The molecule has 1 amide bonds. The molecule has 1 heterocycles. The molecule has 0 aliphatic rings. The Hall–Kier alpha value is -3.03. The number of aromatic nitrogens is 2. The largest absolute Gasteiger partial charge is 0.416 e. The number of H-pyrrole nitrogens is 1. The molecule has 0 saturated heterocycles. The zero-order chi connectivity index (χ0) is 17.3. The van der Waals surface area contributed by atoms with Gasteiger partial charge in [-0.25, -0.2) is 4.98 Å². The van der Waals surface area contributed by atoms with Crippen molar-refractivity contribution in [2.75, 3.05) is 17.7 Å². The Labute approximate surface area is 134 Å². The summed E-state index contributed by atoms with van der Waals surface area (Å²) < 4.78 is 38.6. The number of rotatable bonds is 3. The zero-order valence-electron chi connectivity index (χ0n) is 12.5. The monoisotopic (exact) mass is 334 g/mol. The molecule has 0 unspecified atom stereocenters. The van der Waals surface area contributed by atoms with Crippen molar-refractivity contribution in [1.29, 1.82) is 0 Å². The number of carbonyl (C=O) groups is 1. The minimum absolute atomic E-state index is 0.0861. The minimum atomic E-state index is -4.52. The van der Waals surface area contributed by atoms with E-state index < -0.39 is 17.6 Å². The van der Waals surface area contributed by atoms with Gasteiger partial charge in [0.2, 0.25) is 0 Å². The van der Waals surface area contributed by atoms with Gasteiger partial charge in [0, 0.05) is 18.4 Å². The molecule has 0 bridgehead atoms. The molecule has 124 valence electrons. The summed E-state index contributed by atoms with van der Waals surface area (Å²) in [6.07, 6.45) is -3.00. The number of nitrogens with zero attached hydrogens (tertiary/aromatic N) is 1. The van der Waals surface area contributed by atoms with Crippen LogP contribution in [0.2, 0.25) is 0 Å². The smallest absolute Gasteiger partial charge is 0.387 e.